The molecule has 0 radical (unpaired) electrons. The fraction of sp³-hybridized carbons (Fsp3) is 0.273. The van der Waals surface area contributed by atoms with Crippen molar-refractivity contribution in [2.75, 3.05) is 13.7 Å². The molecule has 1 aliphatic carbocycles. The number of hydrogen-bond donors (Lipinski definition) is 0. The zero-order valence-electron chi connectivity index (χ0n) is 23.0. The molecule has 0 bridgehead atoms. The smallest absolute Gasteiger partial charge is 0.227 e. The number of aromatic nitrogens is 4. The summed E-state index contributed by atoms with van der Waals surface area (Å²) in [5.41, 5.74) is 2.74. The standard InChI is InChI=1S/C33H32ClN5O2/c1-41-30-13-12-27(22-29(30)34)33-36-32(25-14-16-35-17-15-25)37-39(33)19-18-38(28-8-4-5-9-28)31(40)21-23-10-11-24-6-2-3-7-26(24)20-23/h2-3,6-7,10-17,20,22,28H,4-5,8-9,18-19,21H2,1H3. The molecule has 0 atom stereocenters. The molecule has 2 aromatic heterocycles. The molecule has 6 rings (SSSR count). The van der Waals surface area contributed by atoms with Crippen molar-refractivity contribution in [3.05, 3.63) is 95.8 Å². The number of carbonyl (C=O) groups excluding carboxylic acids is 1. The van der Waals surface area contributed by atoms with Gasteiger partial charge < -0.3 is 9.64 Å². The monoisotopic (exact) mass is 565 g/mol. The number of rotatable bonds is 9. The van der Waals surface area contributed by atoms with Gasteiger partial charge in [-0.25, -0.2) is 9.67 Å². The van der Waals surface area contributed by atoms with Gasteiger partial charge in [-0.2, -0.15) is 5.10 Å². The molecular formula is C33H32ClN5O2. The van der Waals surface area contributed by atoms with Crippen molar-refractivity contribution in [3.8, 4) is 28.5 Å². The highest BCUT2D eigenvalue weighted by Gasteiger charge is 2.27. The number of benzene rings is 3. The third kappa shape index (κ3) is 5.95. The Hall–Kier alpha value is -4.23. The molecule has 0 saturated heterocycles. The predicted molar refractivity (Wildman–Crippen MR) is 162 cm³/mol. The summed E-state index contributed by atoms with van der Waals surface area (Å²) in [5, 5.41) is 7.70. The van der Waals surface area contributed by atoms with Crippen molar-refractivity contribution < 1.29 is 9.53 Å². The molecule has 7 nitrogen and oxygen atoms in total. The number of methoxy groups -OCH3 is 1. The molecule has 1 fully saturated rings. The van der Waals surface area contributed by atoms with Crippen LogP contribution >= 0.6 is 11.6 Å². The molecule has 208 valence electrons. The molecule has 0 unspecified atom stereocenters. The van der Waals surface area contributed by atoms with Gasteiger partial charge in [-0.1, -0.05) is 66.9 Å². The zero-order chi connectivity index (χ0) is 28.2. The van der Waals surface area contributed by atoms with E-state index in [2.05, 4.69) is 40.2 Å². The maximum Gasteiger partial charge on any atom is 0.227 e. The molecule has 8 heteroatoms. The van der Waals surface area contributed by atoms with E-state index in [9.17, 15) is 4.79 Å². The fourth-order valence-electron chi connectivity index (χ4n) is 5.69. The molecule has 41 heavy (non-hydrogen) atoms. The van der Waals surface area contributed by atoms with Crippen LogP contribution < -0.4 is 4.74 Å². The molecule has 3 aromatic carbocycles. The van der Waals surface area contributed by atoms with Gasteiger partial charge in [0.1, 0.15) is 5.75 Å². The molecular weight excluding hydrogens is 534 g/mol. The van der Waals surface area contributed by atoms with Crippen LogP contribution in [0.5, 0.6) is 5.75 Å². The summed E-state index contributed by atoms with van der Waals surface area (Å²) in [6, 6.07) is 24.2. The van der Waals surface area contributed by atoms with E-state index in [0.717, 1.165) is 47.8 Å². The summed E-state index contributed by atoms with van der Waals surface area (Å²) in [5.74, 6) is 2.04. The van der Waals surface area contributed by atoms with E-state index >= 15 is 0 Å². The Labute approximate surface area is 244 Å². The van der Waals surface area contributed by atoms with Gasteiger partial charge in [0.15, 0.2) is 11.6 Å². The lowest BCUT2D eigenvalue weighted by Gasteiger charge is -2.29. The van der Waals surface area contributed by atoms with Gasteiger partial charge >= 0.3 is 0 Å². The Morgan fingerprint density at radius 3 is 2.51 bits per heavy atom. The SMILES string of the molecule is COc1ccc(-c2nc(-c3ccncc3)nn2CCN(C(=O)Cc2ccc3ccccc3c2)C2CCCC2)cc1Cl. The zero-order valence-corrected chi connectivity index (χ0v) is 23.8. The highest BCUT2D eigenvalue weighted by Crippen LogP contribution is 2.31. The number of fused-ring (bicyclic) bond motifs is 1. The third-order valence-corrected chi connectivity index (χ3v) is 8.12. The number of carbonyl (C=O) groups is 1. The molecule has 1 amide bonds. The molecule has 0 N–H and O–H groups in total. The molecule has 2 heterocycles. The number of pyridine rings is 1. The lowest BCUT2D eigenvalue weighted by molar-refractivity contribution is -0.132. The van der Waals surface area contributed by atoms with Crippen LogP contribution in [-0.2, 0) is 17.8 Å². The molecule has 1 aliphatic rings. The van der Waals surface area contributed by atoms with E-state index in [4.69, 9.17) is 26.4 Å². The lowest BCUT2D eigenvalue weighted by atomic mass is 10.0. The largest absolute Gasteiger partial charge is 0.495 e. The van der Waals surface area contributed by atoms with Crippen LogP contribution in [0.25, 0.3) is 33.5 Å². The normalized spacial score (nSPS) is 13.5. The molecule has 0 aliphatic heterocycles. The van der Waals surface area contributed by atoms with Gasteiger partial charge in [0.2, 0.25) is 5.91 Å². The van der Waals surface area contributed by atoms with Gasteiger partial charge in [0.05, 0.1) is 25.1 Å². The van der Waals surface area contributed by atoms with E-state index in [1.807, 2.05) is 47.1 Å². The fourth-order valence-corrected chi connectivity index (χ4v) is 5.95. The highest BCUT2D eigenvalue weighted by molar-refractivity contribution is 6.32. The van der Waals surface area contributed by atoms with Gasteiger partial charge in [0, 0.05) is 36.1 Å². The van der Waals surface area contributed by atoms with E-state index in [-0.39, 0.29) is 11.9 Å². The average Bonchev–Trinajstić information content (AvgIpc) is 3.69. The minimum atomic E-state index is 0.149. The summed E-state index contributed by atoms with van der Waals surface area (Å²) in [6.45, 7) is 1.06. The van der Waals surface area contributed by atoms with Crippen molar-refractivity contribution in [2.24, 2.45) is 0 Å². The van der Waals surface area contributed by atoms with Crippen LogP contribution in [0, 0.1) is 0 Å². The summed E-state index contributed by atoms with van der Waals surface area (Å²) >= 11 is 6.48. The maximum atomic E-state index is 13.8. The van der Waals surface area contributed by atoms with E-state index < -0.39 is 0 Å². The average molecular weight is 566 g/mol. The minimum absolute atomic E-state index is 0.149. The number of hydrogen-bond acceptors (Lipinski definition) is 5. The summed E-state index contributed by atoms with van der Waals surface area (Å²) in [6.07, 6.45) is 8.20. The van der Waals surface area contributed by atoms with Gasteiger partial charge in [-0.05, 0) is 59.5 Å². The second-order valence-corrected chi connectivity index (χ2v) is 10.9. The highest BCUT2D eigenvalue weighted by atomic mass is 35.5. The van der Waals surface area contributed by atoms with Gasteiger partial charge in [-0.15, -0.1) is 0 Å². The number of nitrogens with zero attached hydrogens (tertiary/aromatic N) is 5. The van der Waals surface area contributed by atoms with Crippen molar-refractivity contribution >= 4 is 28.3 Å². The summed E-state index contributed by atoms with van der Waals surface area (Å²) in [7, 11) is 1.59. The topological polar surface area (TPSA) is 73.1 Å². The summed E-state index contributed by atoms with van der Waals surface area (Å²) < 4.78 is 7.24. The van der Waals surface area contributed by atoms with Crippen LogP contribution in [0.1, 0.15) is 31.2 Å². The van der Waals surface area contributed by atoms with Crippen molar-refractivity contribution in [1.29, 1.82) is 0 Å². The van der Waals surface area contributed by atoms with Crippen molar-refractivity contribution in [3.63, 3.8) is 0 Å². The van der Waals surface area contributed by atoms with E-state index in [1.54, 1.807) is 19.5 Å². The van der Waals surface area contributed by atoms with Gasteiger partial charge in [-0.3, -0.25) is 9.78 Å². The second kappa shape index (κ2) is 12.1. The van der Waals surface area contributed by atoms with Crippen LogP contribution in [0.4, 0.5) is 0 Å². The Balaban J connectivity index is 1.28. The Morgan fingerprint density at radius 1 is 0.976 bits per heavy atom. The number of ether oxygens (including phenoxy) is 1. The molecule has 5 aromatic rings. The third-order valence-electron chi connectivity index (χ3n) is 7.83. The second-order valence-electron chi connectivity index (χ2n) is 10.5. The molecule has 0 spiro atoms. The Morgan fingerprint density at radius 2 is 1.76 bits per heavy atom. The first-order valence-electron chi connectivity index (χ1n) is 14.1. The first kappa shape index (κ1) is 27.0. The van der Waals surface area contributed by atoms with Crippen LogP contribution in [0.2, 0.25) is 5.02 Å². The van der Waals surface area contributed by atoms with Crippen molar-refractivity contribution in [1.82, 2.24) is 24.6 Å². The maximum absolute atomic E-state index is 13.8. The van der Waals surface area contributed by atoms with Crippen LogP contribution in [-0.4, -0.2) is 50.3 Å². The lowest BCUT2D eigenvalue weighted by Crippen LogP contribution is -2.42. The minimum Gasteiger partial charge on any atom is -0.495 e. The Kier molecular flexibility index (Phi) is 7.96. The van der Waals surface area contributed by atoms with Crippen molar-refractivity contribution in [2.45, 2.75) is 44.7 Å². The first-order chi connectivity index (χ1) is 20.1. The number of halogens is 1. The van der Waals surface area contributed by atoms with E-state index in [0.29, 0.717) is 41.9 Å². The summed E-state index contributed by atoms with van der Waals surface area (Å²) in [4.78, 5) is 24.9. The first-order valence-corrected chi connectivity index (χ1v) is 14.4. The van der Waals surface area contributed by atoms with Crippen LogP contribution in [0.15, 0.2) is 85.2 Å². The van der Waals surface area contributed by atoms with Crippen LogP contribution in [0.3, 0.4) is 0 Å². The molecule has 1 saturated carbocycles. The van der Waals surface area contributed by atoms with Gasteiger partial charge in [0.25, 0.3) is 0 Å². The Bertz CT molecular complexity index is 1660. The quantitative estimate of drug-likeness (QED) is 0.196. The predicted octanol–water partition coefficient (Wildman–Crippen LogP) is 6.84. The number of amides is 1. The van der Waals surface area contributed by atoms with E-state index in [1.165, 1.54) is 5.39 Å².